The van der Waals surface area contributed by atoms with Crippen LogP contribution in [0.3, 0.4) is 0 Å². The number of aromatic hydroxyl groups is 1. The highest BCUT2D eigenvalue weighted by Crippen LogP contribution is 2.32. The third kappa shape index (κ3) is 3.99. The molecule has 0 bridgehead atoms. The van der Waals surface area contributed by atoms with Crippen LogP contribution in [0.2, 0.25) is 10.0 Å². The molecule has 1 aromatic rings. The van der Waals surface area contributed by atoms with E-state index in [9.17, 15) is 5.11 Å². The summed E-state index contributed by atoms with van der Waals surface area (Å²) in [5.41, 5.74) is 0.808. The molecule has 1 aromatic carbocycles. The molecule has 0 radical (unpaired) electrons. The van der Waals surface area contributed by atoms with Crippen molar-refractivity contribution in [2.24, 2.45) is 5.92 Å². The molecule has 1 saturated heterocycles. The Balaban J connectivity index is 2.04. The molecule has 0 amide bonds. The molecule has 2 rings (SSSR count). The first kappa shape index (κ1) is 14.9. The lowest BCUT2D eigenvalue weighted by Gasteiger charge is -2.32. The van der Waals surface area contributed by atoms with Crippen LogP contribution in [-0.2, 0) is 6.54 Å². The highest BCUT2D eigenvalue weighted by Gasteiger charge is 2.20. The molecule has 106 valence electrons. The molecule has 1 fully saturated rings. The van der Waals surface area contributed by atoms with E-state index < -0.39 is 0 Å². The number of hydrogen-bond acceptors (Lipinski definition) is 3. The van der Waals surface area contributed by atoms with E-state index in [-0.39, 0.29) is 5.75 Å². The van der Waals surface area contributed by atoms with E-state index in [1.165, 1.54) is 12.8 Å². The first-order chi connectivity index (χ1) is 9.10. The summed E-state index contributed by atoms with van der Waals surface area (Å²) in [6.07, 6.45) is 2.46. The van der Waals surface area contributed by atoms with Crippen LogP contribution in [0.5, 0.6) is 5.75 Å². The summed E-state index contributed by atoms with van der Waals surface area (Å²) in [6.45, 7) is 3.85. The second-order valence-corrected chi connectivity index (χ2v) is 6.04. The fourth-order valence-corrected chi connectivity index (χ4v) is 3.27. The van der Waals surface area contributed by atoms with Gasteiger partial charge in [0.1, 0.15) is 5.75 Å². The predicted molar refractivity (Wildman–Crippen MR) is 80.1 cm³/mol. The number of benzene rings is 1. The fourth-order valence-electron chi connectivity index (χ4n) is 2.73. The van der Waals surface area contributed by atoms with Gasteiger partial charge in [0, 0.05) is 23.7 Å². The first-order valence-corrected chi connectivity index (χ1v) is 7.39. The highest BCUT2D eigenvalue weighted by atomic mass is 35.5. The van der Waals surface area contributed by atoms with Gasteiger partial charge >= 0.3 is 0 Å². The normalized spacial score (nSPS) is 20.7. The van der Waals surface area contributed by atoms with Crippen molar-refractivity contribution in [3.63, 3.8) is 0 Å². The smallest absolute Gasteiger partial charge is 0.138 e. The molecule has 0 saturated carbocycles. The zero-order valence-corrected chi connectivity index (χ0v) is 12.6. The summed E-state index contributed by atoms with van der Waals surface area (Å²) in [5.74, 6) is 0.831. The summed E-state index contributed by atoms with van der Waals surface area (Å²) in [7, 11) is 1.99. The van der Waals surface area contributed by atoms with E-state index >= 15 is 0 Å². The Hall–Kier alpha value is -0.480. The monoisotopic (exact) mass is 302 g/mol. The summed E-state index contributed by atoms with van der Waals surface area (Å²) in [5, 5.41) is 14.1. The number of phenols is 1. The van der Waals surface area contributed by atoms with Crippen LogP contribution in [0, 0.1) is 5.92 Å². The van der Waals surface area contributed by atoms with Gasteiger partial charge in [-0.05, 0) is 51.0 Å². The molecule has 5 heteroatoms. The third-order valence-electron chi connectivity index (χ3n) is 3.60. The largest absolute Gasteiger partial charge is 0.506 e. The Labute approximate surface area is 124 Å². The summed E-state index contributed by atoms with van der Waals surface area (Å²) in [6, 6.07) is 3.37. The molecule has 2 N–H and O–H groups in total. The summed E-state index contributed by atoms with van der Waals surface area (Å²) < 4.78 is 0. The molecule has 1 unspecified atom stereocenters. The van der Waals surface area contributed by atoms with E-state index in [0.717, 1.165) is 25.2 Å². The Morgan fingerprint density at radius 1 is 1.42 bits per heavy atom. The molecule has 1 heterocycles. The van der Waals surface area contributed by atoms with Crippen LogP contribution in [0.1, 0.15) is 18.4 Å². The molecule has 1 aliphatic heterocycles. The van der Waals surface area contributed by atoms with Crippen LogP contribution in [0.15, 0.2) is 12.1 Å². The molecule has 0 aromatic heterocycles. The zero-order valence-electron chi connectivity index (χ0n) is 11.1. The lowest BCUT2D eigenvalue weighted by molar-refractivity contribution is 0.165. The molecular weight excluding hydrogens is 283 g/mol. The lowest BCUT2D eigenvalue weighted by Crippen LogP contribution is -2.38. The maximum atomic E-state index is 9.99. The van der Waals surface area contributed by atoms with Crippen LogP contribution in [0.4, 0.5) is 0 Å². The number of nitrogens with zero attached hydrogens (tertiary/aromatic N) is 1. The van der Waals surface area contributed by atoms with Gasteiger partial charge < -0.3 is 10.4 Å². The van der Waals surface area contributed by atoms with Crippen molar-refractivity contribution in [2.75, 3.05) is 26.7 Å². The second kappa shape index (κ2) is 6.80. The van der Waals surface area contributed by atoms with Gasteiger partial charge in [0.25, 0.3) is 0 Å². The van der Waals surface area contributed by atoms with Gasteiger partial charge in [-0.3, -0.25) is 4.90 Å². The van der Waals surface area contributed by atoms with E-state index in [1.54, 1.807) is 12.1 Å². The maximum Gasteiger partial charge on any atom is 0.138 e. The maximum absolute atomic E-state index is 9.99. The minimum absolute atomic E-state index is 0.154. The second-order valence-electron chi connectivity index (χ2n) is 5.20. The number of halogens is 2. The molecule has 0 spiro atoms. The number of piperidine rings is 1. The average molecular weight is 303 g/mol. The van der Waals surface area contributed by atoms with Gasteiger partial charge in [0.2, 0.25) is 0 Å². The van der Waals surface area contributed by atoms with Crippen LogP contribution in [0.25, 0.3) is 0 Å². The van der Waals surface area contributed by atoms with Gasteiger partial charge in [-0.25, -0.2) is 0 Å². The molecular formula is C14H20Cl2N2O. The van der Waals surface area contributed by atoms with Crippen molar-refractivity contribution in [3.05, 3.63) is 27.7 Å². The molecule has 0 aliphatic carbocycles. The molecule has 3 nitrogen and oxygen atoms in total. The Morgan fingerprint density at radius 2 is 2.21 bits per heavy atom. The van der Waals surface area contributed by atoms with Gasteiger partial charge in [0.15, 0.2) is 0 Å². The number of nitrogens with one attached hydrogen (secondary N) is 1. The van der Waals surface area contributed by atoms with Crippen molar-refractivity contribution in [1.29, 1.82) is 0 Å². The zero-order chi connectivity index (χ0) is 13.8. The van der Waals surface area contributed by atoms with E-state index in [0.29, 0.717) is 22.5 Å². The molecule has 19 heavy (non-hydrogen) atoms. The third-order valence-corrected chi connectivity index (χ3v) is 4.10. The van der Waals surface area contributed by atoms with Crippen molar-refractivity contribution in [1.82, 2.24) is 10.2 Å². The van der Waals surface area contributed by atoms with Crippen molar-refractivity contribution in [3.8, 4) is 5.75 Å². The van der Waals surface area contributed by atoms with Crippen molar-refractivity contribution < 1.29 is 5.11 Å². The van der Waals surface area contributed by atoms with Gasteiger partial charge in [-0.2, -0.15) is 0 Å². The van der Waals surface area contributed by atoms with E-state index in [2.05, 4.69) is 10.2 Å². The molecule has 1 atom stereocenters. The Morgan fingerprint density at radius 3 is 2.95 bits per heavy atom. The minimum Gasteiger partial charge on any atom is -0.506 e. The number of rotatable bonds is 4. The van der Waals surface area contributed by atoms with Gasteiger partial charge in [-0.15, -0.1) is 0 Å². The molecule has 1 aliphatic rings. The predicted octanol–water partition coefficient (Wildman–Crippen LogP) is 3.13. The van der Waals surface area contributed by atoms with Crippen LogP contribution < -0.4 is 5.32 Å². The Kier molecular flexibility index (Phi) is 5.34. The number of phenolic OH excluding ortho intramolecular Hbond substituents is 1. The van der Waals surface area contributed by atoms with E-state index in [4.69, 9.17) is 23.2 Å². The fraction of sp³-hybridized carbons (Fsp3) is 0.571. The SMILES string of the molecule is CNCC1CCCN(Cc2cc(Cl)cc(Cl)c2O)C1. The van der Waals surface area contributed by atoms with Crippen molar-refractivity contribution >= 4 is 23.2 Å². The van der Waals surface area contributed by atoms with Crippen LogP contribution in [-0.4, -0.2) is 36.7 Å². The first-order valence-electron chi connectivity index (χ1n) is 6.64. The van der Waals surface area contributed by atoms with Gasteiger partial charge in [0.05, 0.1) is 5.02 Å². The van der Waals surface area contributed by atoms with Gasteiger partial charge in [-0.1, -0.05) is 23.2 Å². The lowest BCUT2D eigenvalue weighted by atomic mass is 9.97. The number of hydrogen-bond donors (Lipinski definition) is 2. The average Bonchev–Trinajstić information content (AvgIpc) is 2.36. The Bertz CT molecular complexity index is 438. The summed E-state index contributed by atoms with van der Waals surface area (Å²) in [4.78, 5) is 2.35. The van der Waals surface area contributed by atoms with Crippen molar-refractivity contribution in [2.45, 2.75) is 19.4 Å². The van der Waals surface area contributed by atoms with Crippen LogP contribution >= 0.6 is 23.2 Å². The standard InChI is InChI=1S/C14H20Cl2N2O/c1-17-7-10-3-2-4-18(8-10)9-11-5-12(15)6-13(16)14(11)19/h5-6,10,17,19H,2-4,7-9H2,1H3. The summed E-state index contributed by atoms with van der Waals surface area (Å²) >= 11 is 11.9. The topological polar surface area (TPSA) is 35.5 Å². The quantitative estimate of drug-likeness (QED) is 0.897. The van der Waals surface area contributed by atoms with E-state index in [1.807, 2.05) is 7.05 Å². The minimum atomic E-state index is 0.154. The highest BCUT2D eigenvalue weighted by molar-refractivity contribution is 6.35. The number of likely N-dealkylation sites (tertiary alicyclic amines) is 1.